The van der Waals surface area contributed by atoms with Gasteiger partial charge in [0.25, 0.3) is 10.1 Å². The van der Waals surface area contributed by atoms with Crippen LogP contribution in [0.5, 0.6) is 0 Å². The van der Waals surface area contributed by atoms with Crippen molar-refractivity contribution in [3.63, 3.8) is 0 Å². The molecule has 0 bridgehead atoms. The lowest BCUT2D eigenvalue weighted by atomic mass is 10.0. The molecule has 0 fully saturated rings. The van der Waals surface area contributed by atoms with E-state index in [1.165, 1.54) is 57.8 Å². The molecule has 0 aliphatic carbocycles. The molecule has 0 spiro atoms. The van der Waals surface area contributed by atoms with Gasteiger partial charge in [-0.3, -0.25) is 4.79 Å². The van der Waals surface area contributed by atoms with Gasteiger partial charge in [0.15, 0.2) is 11.9 Å². The van der Waals surface area contributed by atoms with Gasteiger partial charge in [-0.15, -0.1) is 0 Å². The summed E-state index contributed by atoms with van der Waals surface area (Å²) in [6.07, 6.45) is 12.6. The molecular formula is C32H40O4S. The Kier molecular flexibility index (Phi) is 12.1. The van der Waals surface area contributed by atoms with Crippen LogP contribution in [0.1, 0.15) is 98.7 Å². The molecule has 0 saturated heterocycles. The number of aryl methyl sites for hydroxylation is 1. The summed E-state index contributed by atoms with van der Waals surface area (Å²) < 4.78 is 31.8. The number of rotatable bonds is 17. The van der Waals surface area contributed by atoms with Crippen LogP contribution in [0.15, 0.2) is 89.8 Å². The summed E-state index contributed by atoms with van der Waals surface area (Å²) >= 11 is 0. The molecule has 3 aromatic rings. The Labute approximate surface area is 223 Å². The van der Waals surface area contributed by atoms with Crippen LogP contribution in [-0.4, -0.2) is 14.2 Å². The van der Waals surface area contributed by atoms with Crippen molar-refractivity contribution in [2.24, 2.45) is 0 Å². The molecule has 0 aliphatic heterocycles. The number of ketones is 1. The molecule has 0 heterocycles. The molecule has 3 aromatic carbocycles. The highest BCUT2D eigenvalue weighted by atomic mass is 32.2. The van der Waals surface area contributed by atoms with Crippen LogP contribution in [0, 0.1) is 0 Å². The number of carbonyl (C=O) groups is 1. The summed E-state index contributed by atoms with van der Waals surface area (Å²) in [4.78, 5) is 13.2. The summed E-state index contributed by atoms with van der Waals surface area (Å²) in [7, 11) is -4.14. The van der Waals surface area contributed by atoms with Crippen molar-refractivity contribution >= 4 is 15.9 Å². The molecule has 3 rings (SSSR count). The fourth-order valence-electron chi connectivity index (χ4n) is 4.45. The van der Waals surface area contributed by atoms with E-state index in [9.17, 15) is 13.2 Å². The second-order valence-electron chi connectivity index (χ2n) is 9.65. The molecular weight excluding hydrogens is 480 g/mol. The van der Waals surface area contributed by atoms with E-state index in [2.05, 4.69) is 6.92 Å². The van der Waals surface area contributed by atoms with E-state index in [1.54, 1.807) is 60.7 Å². The summed E-state index contributed by atoms with van der Waals surface area (Å²) in [6.45, 7) is 2.25. The van der Waals surface area contributed by atoms with E-state index in [4.69, 9.17) is 4.18 Å². The van der Waals surface area contributed by atoms with Gasteiger partial charge in [0.2, 0.25) is 0 Å². The maximum absolute atomic E-state index is 13.2. The smallest absolute Gasteiger partial charge is 0.291 e. The van der Waals surface area contributed by atoms with Crippen molar-refractivity contribution in [1.82, 2.24) is 0 Å². The predicted molar refractivity (Wildman–Crippen MR) is 150 cm³/mol. The van der Waals surface area contributed by atoms with Crippen LogP contribution in [0.4, 0.5) is 0 Å². The Morgan fingerprint density at radius 3 is 1.76 bits per heavy atom. The number of carbonyl (C=O) groups excluding carboxylic acids is 1. The fourth-order valence-corrected chi connectivity index (χ4v) is 5.49. The maximum Gasteiger partial charge on any atom is 0.298 e. The number of benzene rings is 3. The molecule has 1 atom stereocenters. The van der Waals surface area contributed by atoms with Crippen molar-refractivity contribution in [3.05, 3.63) is 102 Å². The first-order valence-corrected chi connectivity index (χ1v) is 15.1. The van der Waals surface area contributed by atoms with Gasteiger partial charge in [0, 0.05) is 5.56 Å². The van der Waals surface area contributed by atoms with Crippen LogP contribution in [-0.2, 0) is 20.7 Å². The first-order chi connectivity index (χ1) is 18.0. The van der Waals surface area contributed by atoms with Crippen LogP contribution in [0.3, 0.4) is 0 Å². The summed E-state index contributed by atoms with van der Waals surface area (Å²) in [6, 6.07) is 24.2. The average molecular weight is 521 g/mol. The van der Waals surface area contributed by atoms with Gasteiger partial charge in [0.1, 0.15) is 0 Å². The third-order valence-electron chi connectivity index (χ3n) is 6.65. The molecule has 5 heteroatoms. The predicted octanol–water partition coefficient (Wildman–Crippen LogP) is 8.48. The van der Waals surface area contributed by atoms with Gasteiger partial charge in [-0.2, -0.15) is 8.42 Å². The minimum atomic E-state index is -4.14. The fraction of sp³-hybridized carbons (Fsp3) is 0.406. The van der Waals surface area contributed by atoms with Gasteiger partial charge in [-0.25, -0.2) is 4.18 Å². The number of unbranched alkanes of at least 4 members (excludes halogenated alkanes) is 9. The molecule has 0 aliphatic rings. The van der Waals surface area contributed by atoms with Gasteiger partial charge >= 0.3 is 0 Å². The van der Waals surface area contributed by atoms with Crippen LogP contribution < -0.4 is 0 Å². The van der Waals surface area contributed by atoms with E-state index < -0.39 is 22.0 Å². The minimum Gasteiger partial charge on any atom is -0.291 e. The van der Waals surface area contributed by atoms with Crippen molar-refractivity contribution in [3.8, 4) is 0 Å². The van der Waals surface area contributed by atoms with E-state index in [0.717, 1.165) is 18.4 Å². The highest BCUT2D eigenvalue weighted by Crippen LogP contribution is 2.28. The number of hydrogen-bond acceptors (Lipinski definition) is 4. The zero-order valence-corrected chi connectivity index (χ0v) is 22.8. The third kappa shape index (κ3) is 9.56. The maximum atomic E-state index is 13.2. The number of hydrogen-bond donors (Lipinski definition) is 0. The van der Waals surface area contributed by atoms with E-state index in [1.807, 2.05) is 24.3 Å². The quantitative estimate of drug-likeness (QED) is 0.102. The molecule has 0 radical (unpaired) electrons. The molecule has 0 N–H and O–H groups in total. The number of Topliss-reactive ketones (excluding diaryl/α,β-unsaturated/α-hetero) is 1. The minimum absolute atomic E-state index is 0.0566. The Bertz CT molecular complexity index is 1160. The largest absolute Gasteiger partial charge is 0.298 e. The summed E-state index contributed by atoms with van der Waals surface area (Å²) in [5.74, 6) is -0.395. The summed E-state index contributed by atoms with van der Waals surface area (Å²) in [5.41, 5.74) is 2.01. The Balaban J connectivity index is 1.54. The van der Waals surface area contributed by atoms with Crippen LogP contribution >= 0.6 is 0 Å². The normalized spacial score (nSPS) is 12.4. The molecule has 37 heavy (non-hydrogen) atoms. The summed E-state index contributed by atoms with van der Waals surface area (Å²) in [5, 5.41) is 0. The highest BCUT2D eigenvalue weighted by Gasteiger charge is 2.29. The zero-order valence-electron chi connectivity index (χ0n) is 22.0. The van der Waals surface area contributed by atoms with Gasteiger partial charge < -0.3 is 0 Å². The third-order valence-corrected chi connectivity index (χ3v) is 7.95. The molecule has 0 aromatic heterocycles. The van der Waals surface area contributed by atoms with Crippen molar-refractivity contribution in [2.45, 2.75) is 88.6 Å². The van der Waals surface area contributed by atoms with E-state index in [0.29, 0.717) is 11.1 Å². The van der Waals surface area contributed by atoms with E-state index >= 15 is 0 Å². The van der Waals surface area contributed by atoms with Crippen LogP contribution in [0.2, 0.25) is 0 Å². The zero-order chi connectivity index (χ0) is 26.3. The lowest BCUT2D eigenvalue weighted by molar-refractivity contribution is 0.0801. The Morgan fingerprint density at radius 1 is 0.676 bits per heavy atom. The second kappa shape index (κ2) is 15.5. The Hall–Kier alpha value is -2.76. The standard InChI is InChI=1S/C32H40O4S/c1-2-3-4-5-6-7-8-9-10-13-18-27-23-25-30(26-24-27)37(34,35)36-32(29-21-16-12-17-22-29)31(33)28-19-14-11-15-20-28/h11-12,14-17,19-26,32H,2-10,13,18H2,1H3. The lowest BCUT2D eigenvalue weighted by Gasteiger charge is -2.17. The first-order valence-electron chi connectivity index (χ1n) is 13.7. The first kappa shape index (κ1) is 28.8. The molecule has 0 amide bonds. The highest BCUT2D eigenvalue weighted by molar-refractivity contribution is 7.86. The lowest BCUT2D eigenvalue weighted by Crippen LogP contribution is -2.20. The van der Waals surface area contributed by atoms with Gasteiger partial charge in [-0.05, 0) is 36.1 Å². The Morgan fingerprint density at radius 2 is 1.19 bits per heavy atom. The van der Waals surface area contributed by atoms with Crippen molar-refractivity contribution in [2.75, 3.05) is 0 Å². The van der Waals surface area contributed by atoms with Gasteiger partial charge in [0.05, 0.1) is 4.90 Å². The SMILES string of the molecule is CCCCCCCCCCCCc1ccc(S(=O)(=O)OC(C(=O)c2ccccc2)c2ccccc2)cc1. The van der Waals surface area contributed by atoms with Gasteiger partial charge in [-0.1, -0.05) is 138 Å². The van der Waals surface area contributed by atoms with Crippen molar-refractivity contribution in [1.29, 1.82) is 0 Å². The monoisotopic (exact) mass is 520 g/mol. The van der Waals surface area contributed by atoms with Crippen LogP contribution in [0.25, 0.3) is 0 Å². The second-order valence-corrected chi connectivity index (χ2v) is 11.2. The molecule has 0 saturated carbocycles. The molecule has 198 valence electrons. The van der Waals surface area contributed by atoms with E-state index in [-0.39, 0.29) is 4.90 Å². The topological polar surface area (TPSA) is 60.4 Å². The molecule has 1 unspecified atom stereocenters. The average Bonchev–Trinajstić information content (AvgIpc) is 2.93. The van der Waals surface area contributed by atoms with Crippen molar-refractivity contribution < 1.29 is 17.4 Å². The molecule has 4 nitrogen and oxygen atoms in total.